The molecule has 0 fully saturated rings. The molecule has 0 aromatic heterocycles. The molecule has 0 saturated heterocycles. The first-order valence-electron chi connectivity index (χ1n) is 10.1. The van der Waals surface area contributed by atoms with Crippen LogP contribution >= 0.6 is 0 Å². The first-order chi connectivity index (χ1) is 11.5. The molecule has 0 aromatic carbocycles. The van der Waals surface area contributed by atoms with E-state index in [2.05, 4.69) is 13.8 Å². The van der Waals surface area contributed by atoms with Crippen LogP contribution < -0.4 is 0 Å². The highest BCUT2D eigenvalue weighted by atomic mass is 32.2. The van der Waals surface area contributed by atoms with Crippen molar-refractivity contribution in [1.29, 1.82) is 0 Å². The molecule has 24 heavy (non-hydrogen) atoms. The first kappa shape index (κ1) is 24.1. The quantitative estimate of drug-likeness (QED) is 0.305. The third kappa shape index (κ3) is 16.9. The minimum atomic E-state index is -2.94. The molecule has 0 bridgehead atoms. The van der Waals surface area contributed by atoms with Crippen molar-refractivity contribution in [1.82, 2.24) is 0 Å². The average molecular weight is 381 g/mol. The summed E-state index contributed by atoms with van der Waals surface area (Å²) >= 11 is 0. The summed E-state index contributed by atoms with van der Waals surface area (Å²) in [6, 6.07) is 0. The summed E-state index contributed by atoms with van der Waals surface area (Å²) in [5.74, 6) is 1.81. The Hall–Kier alpha value is 0.1000. The molecule has 0 aliphatic rings. The average Bonchev–Trinajstić information content (AvgIpc) is 2.54. The lowest BCUT2D eigenvalue weighted by atomic mass is 10.1. The summed E-state index contributed by atoms with van der Waals surface area (Å²) in [5, 5.41) is 0. The Bertz CT molecular complexity index is 391. The van der Waals surface area contributed by atoms with Crippen molar-refractivity contribution in [2.24, 2.45) is 0 Å². The Labute approximate surface area is 153 Å². The van der Waals surface area contributed by atoms with E-state index in [1.54, 1.807) is 0 Å². The van der Waals surface area contributed by atoms with Crippen molar-refractivity contribution < 1.29 is 12.6 Å². The van der Waals surface area contributed by atoms with Gasteiger partial charge in [-0.1, -0.05) is 78.1 Å². The zero-order valence-corrected chi connectivity index (χ0v) is 17.7. The SMILES string of the molecule is CCCCCCCCS(=O)CCCS(=O)(=O)CCCCCCCC. The molecule has 0 spiro atoms. The van der Waals surface area contributed by atoms with E-state index in [-0.39, 0.29) is 5.75 Å². The molecule has 0 N–H and O–H groups in total. The summed E-state index contributed by atoms with van der Waals surface area (Å²) in [6.07, 6.45) is 14.4. The monoisotopic (exact) mass is 380 g/mol. The van der Waals surface area contributed by atoms with Gasteiger partial charge in [-0.05, 0) is 19.3 Å². The lowest BCUT2D eigenvalue weighted by Crippen LogP contribution is -2.14. The highest BCUT2D eigenvalue weighted by Crippen LogP contribution is 2.08. The third-order valence-electron chi connectivity index (χ3n) is 4.36. The van der Waals surface area contributed by atoms with Gasteiger partial charge in [-0.25, -0.2) is 8.42 Å². The maximum Gasteiger partial charge on any atom is 0.150 e. The van der Waals surface area contributed by atoms with E-state index in [1.807, 2.05) is 0 Å². The van der Waals surface area contributed by atoms with Gasteiger partial charge in [0.1, 0.15) is 9.84 Å². The van der Waals surface area contributed by atoms with Crippen LogP contribution in [0.1, 0.15) is 97.3 Å². The standard InChI is InChI=1S/C19H40O3S2/c1-3-5-7-9-11-13-16-23(20)17-15-19-24(21,22)18-14-12-10-8-6-4-2/h3-19H2,1-2H3. The van der Waals surface area contributed by atoms with Gasteiger partial charge in [-0.3, -0.25) is 4.21 Å². The normalized spacial score (nSPS) is 13.2. The second kappa shape index (κ2) is 16.6. The lowest BCUT2D eigenvalue weighted by Gasteiger charge is -2.05. The van der Waals surface area contributed by atoms with Crippen LogP contribution in [0.2, 0.25) is 0 Å². The van der Waals surface area contributed by atoms with Gasteiger partial charge in [-0.2, -0.15) is 0 Å². The highest BCUT2D eigenvalue weighted by molar-refractivity contribution is 7.91. The van der Waals surface area contributed by atoms with Crippen LogP contribution in [0.4, 0.5) is 0 Å². The van der Waals surface area contributed by atoms with Gasteiger partial charge in [0, 0.05) is 22.3 Å². The van der Waals surface area contributed by atoms with Gasteiger partial charge in [0.05, 0.1) is 11.5 Å². The van der Waals surface area contributed by atoms with E-state index in [0.29, 0.717) is 17.9 Å². The number of hydrogen-bond acceptors (Lipinski definition) is 3. The Balaban J connectivity index is 3.56. The van der Waals surface area contributed by atoms with E-state index < -0.39 is 20.6 Å². The molecule has 0 heterocycles. The summed E-state index contributed by atoms with van der Waals surface area (Å²) in [7, 11) is -3.78. The van der Waals surface area contributed by atoms with E-state index >= 15 is 0 Å². The first-order valence-corrected chi connectivity index (χ1v) is 13.4. The molecule has 0 rings (SSSR count). The highest BCUT2D eigenvalue weighted by Gasteiger charge is 2.11. The third-order valence-corrected chi connectivity index (χ3v) is 7.67. The predicted octanol–water partition coefficient (Wildman–Crippen LogP) is 5.26. The number of unbranched alkanes of at least 4 members (excludes halogenated alkanes) is 10. The second-order valence-corrected chi connectivity index (χ2v) is 10.9. The Kier molecular flexibility index (Phi) is 16.6. The topological polar surface area (TPSA) is 51.2 Å². The molecule has 146 valence electrons. The molecular formula is C19H40O3S2. The Morgan fingerprint density at radius 2 is 1.00 bits per heavy atom. The van der Waals surface area contributed by atoms with E-state index in [9.17, 15) is 12.6 Å². The van der Waals surface area contributed by atoms with Gasteiger partial charge >= 0.3 is 0 Å². The fourth-order valence-corrected chi connectivity index (χ4v) is 5.60. The van der Waals surface area contributed by atoms with Crippen molar-refractivity contribution in [2.75, 3.05) is 23.0 Å². The van der Waals surface area contributed by atoms with Crippen LogP contribution in [0.3, 0.4) is 0 Å². The molecule has 0 aliphatic heterocycles. The number of sulfone groups is 1. The minimum absolute atomic E-state index is 0.212. The molecule has 0 radical (unpaired) electrons. The van der Waals surface area contributed by atoms with Crippen molar-refractivity contribution in [3.8, 4) is 0 Å². The van der Waals surface area contributed by atoms with Gasteiger partial charge < -0.3 is 0 Å². The van der Waals surface area contributed by atoms with Crippen LogP contribution in [0.25, 0.3) is 0 Å². The van der Waals surface area contributed by atoms with Crippen molar-refractivity contribution >= 4 is 20.6 Å². The van der Waals surface area contributed by atoms with E-state index in [4.69, 9.17) is 0 Å². The molecule has 1 unspecified atom stereocenters. The molecule has 0 amide bonds. The van der Waals surface area contributed by atoms with Crippen LogP contribution in [0, 0.1) is 0 Å². The maximum atomic E-state index is 12.0. The van der Waals surface area contributed by atoms with Gasteiger partial charge in [0.15, 0.2) is 0 Å². The fourth-order valence-electron chi connectivity index (χ4n) is 2.79. The van der Waals surface area contributed by atoms with Crippen LogP contribution in [0.15, 0.2) is 0 Å². The smallest absolute Gasteiger partial charge is 0.150 e. The Morgan fingerprint density at radius 3 is 1.58 bits per heavy atom. The minimum Gasteiger partial charge on any atom is -0.260 e. The maximum absolute atomic E-state index is 12.0. The fraction of sp³-hybridized carbons (Fsp3) is 1.00. The van der Waals surface area contributed by atoms with Crippen molar-refractivity contribution in [3.63, 3.8) is 0 Å². The summed E-state index contributed by atoms with van der Waals surface area (Å²) < 4.78 is 35.8. The molecule has 0 saturated carbocycles. The summed E-state index contributed by atoms with van der Waals surface area (Å²) in [6.45, 7) is 4.39. The van der Waals surface area contributed by atoms with Gasteiger partial charge in [-0.15, -0.1) is 0 Å². The van der Waals surface area contributed by atoms with Crippen LogP contribution in [-0.4, -0.2) is 35.6 Å². The van der Waals surface area contributed by atoms with Gasteiger partial charge in [0.25, 0.3) is 0 Å². The largest absolute Gasteiger partial charge is 0.260 e. The van der Waals surface area contributed by atoms with Crippen LogP contribution in [0.5, 0.6) is 0 Å². The number of hydrogen-bond donors (Lipinski definition) is 0. The molecule has 0 aromatic rings. The van der Waals surface area contributed by atoms with Gasteiger partial charge in [0.2, 0.25) is 0 Å². The molecule has 5 heteroatoms. The Morgan fingerprint density at radius 1 is 0.583 bits per heavy atom. The zero-order valence-electron chi connectivity index (χ0n) is 16.1. The molecule has 1 atom stereocenters. The molecule has 0 aliphatic carbocycles. The van der Waals surface area contributed by atoms with E-state index in [1.165, 1.54) is 44.9 Å². The molecule has 3 nitrogen and oxygen atoms in total. The van der Waals surface area contributed by atoms with E-state index in [0.717, 1.165) is 37.9 Å². The van der Waals surface area contributed by atoms with Crippen LogP contribution in [-0.2, 0) is 20.6 Å². The summed E-state index contributed by atoms with van der Waals surface area (Å²) in [4.78, 5) is 0. The van der Waals surface area contributed by atoms with Crippen molar-refractivity contribution in [3.05, 3.63) is 0 Å². The van der Waals surface area contributed by atoms with Crippen molar-refractivity contribution in [2.45, 2.75) is 97.3 Å². The summed E-state index contributed by atoms with van der Waals surface area (Å²) in [5.41, 5.74) is 0. The lowest BCUT2D eigenvalue weighted by molar-refractivity contribution is 0.582. The predicted molar refractivity (Wildman–Crippen MR) is 108 cm³/mol. The zero-order chi connectivity index (χ0) is 18.1. The number of rotatable bonds is 18. The molecular weight excluding hydrogens is 340 g/mol. The second-order valence-electron chi connectivity index (χ2n) is 6.89.